The summed E-state index contributed by atoms with van der Waals surface area (Å²) in [4.78, 5) is 29.1. The van der Waals surface area contributed by atoms with Crippen LogP contribution in [-0.2, 0) is 32.6 Å². The number of sulfonamides is 1. The highest BCUT2D eigenvalue weighted by atomic mass is 35.5. The lowest BCUT2D eigenvalue weighted by Crippen LogP contribution is -2.51. The summed E-state index contributed by atoms with van der Waals surface area (Å²) in [6, 6.07) is 22.8. The molecule has 1 N–H and O–H groups in total. The molecule has 0 aromatic heterocycles. The molecule has 2 amide bonds. The summed E-state index contributed by atoms with van der Waals surface area (Å²) < 4.78 is 32.1. The number of rotatable bonds is 15. The zero-order valence-electron chi connectivity index (χ0n) is 24.6. The van der Waals surface area contributed by atoms with Gasteiger partial charge in [0.1, 0.15) is 11.8 Å². The Morgan fingerprint density at radius 2 is 1.60 bits per heavy atom. The van der Waals surface area contributed by atoms with Crippen molar-refractivity contribution < 1.29 is 22.7 Å². The van der Waals surface area contributed by atoms with Crippen LogP contribution >= 0.6 is 11.6 Å². The van der Waals surface area contributed by atoms with Gasteiger partial charge in [-0.2, -0.15) is 0 Å². The van der Waals surface area contributed by atoms with Crippen molar-refractivity contribution in [2.24, 2.45) is 5.92 Å². The van der Waals surface area contributed by atoms with Gasteiger partial charge in [-0.15, -0.1) is 0 Å². The molecule has 0 spiro atoms. The molecule has 0 unspecified atom stereocenters. The number of benzene rings is 3. The van der Waals surface area contributed by atoms with Crippen LogP contribution in [0.4, 0.5) is 5.69 Å². The molecule has 0 bridgehead atoms. The van der Waals surface area contributed by atoms with E-state index in [1.807, 2.05) is 62.4 Å². The Kier molecular flexibility index (Phi) is 12.2. The molecule has 0 saturated carbocycles. The minimum absolute atomic E-state index is 0.0222. The Bertz CT molecular complexity index is 1430. The van der Waals surface area contributed by atoms with Gasteiger partial charge in [-0.1, -0.05) is 86.1 Å². The monoisotopic (exact) mass is 613 g/mol. The summed E-state index contributed by atoms with van der Waals surface area (Å²) in [5, 5.41) is 3.50. The molecule has 3 aromatic rings. The Labute approximate surface area is 254 Å². The zero-order valence-corrected chi connectivity index (χ0v) is 26.2. The second-order valence-corrected chi connectivity index (χ2v) is 12.9. The fourth-order valence-corrected chi connectivity index (χ4v) is 5.77. The Morgan fingerprint density at radius 1 is 0.952 bits per heavy atom. The van der Waals surface area contributed by atoms with Crippen LogP contribution in [0.2, 0.25) is 5.02 Å². The molecule has 0 saturated heterocycles. The molecule has 8 nitrogen and oxygen atoms in total. The maximum Gasteiger partial charge on any atom is 0.243 e. The van der Waals surface area contributed by atoms with Gasteiger partial charge in [0.2, 0.25) is 21.8 Å². The smallest absolute Gasteiger partial charge is 0.243 e. The molecule has 42 heavy (non-hydrogen) atoms. The first-order valence-corrected chi connectivity index (χ1v) is 16.2. The number of nitrogens with zero attached hydrogens (tertiary/aromatic N) is 2. The second-order valence-electron chi connectivity index (χ2n) is 10.6. The Morgan fingerprint density at radius 3 is 2.24 bits per heavy atom. The predicted octanol–water partition coefficient (Wildman–Crippen LogP) is 5.31. The van der Waals surface area contributed by atoms with E-state index in [4.69, 9.17) is 16.3 Å². The molecule has 1 atom stereocenters. The minimum Gasteiger partial charge on any atom is -0.495 e. The number of hydrogen-bond donors (Lipinski definition) is 1. The van der Waals surface area contributed by atoms with Crippen molar-refractivity contribution in [1.29, 1.82) is 0 Å². The predicted molar refractivity (Wildman–Crippen MR) is 168 cm³/mol. The van der Waals surface area contributed by atoms with E-state index < -0.39 is 16.1 Å². The van der Waals surface area contributed by atoms with Gasteiger partial charge in [0.25, 0.3) is 0 Å². The van der Waals surface area contributed by atoms with E-state index in [0.29, 0.717) is 35.0 Å². The number of carbonyl (C=O) groups is 2. The lowest BCUT2D eigenvalue weighted by atomic mass is 10.0. The molecular weight excluding hydrogens is 574 g/mol. The first-order valence-electron chi connectivity index (χ1n) is 14.0. The normalized spacial score (nSPS) is 12.0. The number of halogens is 1. The summed E-state index contributed by atoms with van der Waals surface area (Å²) >= 11 is 6.49. The summed E-state index contributed by atoms with van der Waals surface area (Å²) in [5.41, 5.74) is 2.03. The van der Waals surface area contributed by atoms with Gasteiger partial charge >= 0.3 is 0 Å². The maximum atomic E-state index is 13.9. The van der Waals surface area contributed by atoms with Crippen molar-refractivity contribution in [2.75, 3.05) is 30.8 Å². The quantitative estimate of drug-likeness (QED) is 0.251. The van der Waals surface area contributed by atoms with E-state index in [-0.39, 0.29) is 43.7 Å². The van der Waals surface area contributed by atoms with Gasteiger partial charge in [0, 0.05) is 37.5 Å². The van der Waals surface area contributed by atoms with Gasteiger partial charge in [0.15, 0.2) is 0 Å². The van der Waals surface area contributed by atoms with Crippen LogP contribution in [0.3, 0.4) is 0 Å². The van der Waals surface area contributed by atoms with Crippen molar-refractivity contribution in [3.63, 3.8) is 0 Å². The van der Waals surface area contributed by atoms with Crippen molar-refractivity contribution in [3.8, 4) is 5.75 Å². The third-order valence-corrected chi connectivity index (χ3v) is 8.31. The van der Waals surface area contributed by atoms with Crippen molar-refractivity contribution in [2.45, 2.75) is 45.7 Å². The van der Waals surface area contributed by atoms with E-state index in [2.05, 4.69) is 5.32 Å². The average Bonchev–Trinajstić information content (AvgIpc) is 2.96. The first kappa shape index (κ1) is 32.9. The first-order chi connectivity index (χ1) is 20.0. The molecule has 0 radical (unpaired) electrons. The van der Waals surface area contributed by atoms with Crippen LogP contribution in [0.1, 0.15) is 37.8 Å². The van der Waals surface area contributed by atoms with E-state index in [9.17, 15) is 18.0 Å². The third-order valence-electron chi connectivity index (χ3n) is 6.76. The molecule has 0 fully saturated rings. The average molecular weight is 614 g/mol. The van der Waals surface area contributed by atoms with Crippen molar-refractivity contribution >= 4 is 39.1 Å². The lowest BCUT2D eigenvalue weighted by Gasteiger charge is -2.32. The highest BCUT2D eigenvalue weighted by Gasteiger charge is 2.31. The Hall–Kier alpha value is -3.56. The molecule has 3 rings (SSSR count). The SMILES string of the molecule is COc1ccccc1N(CCCC(=O)N(Cc1ccccc1Cl)[C@H](Cc1ccccc1)C(=O)NCC(C)C)S(C)(=O)=O. The number of amides is 2. The molecule has 10 heteroatoms. The number of para-hydroxylation sites is 2. The van der Waals surface area contributed by atoms with Gasteiger partial charge in [-0.25, -0.2) is 8.42 Å². The summed E-state index contributed by atoms with van der Waals surface area (Å²) in [6.07, 6.45) is 1.70. The van der Waals surface area contributed by atoms with Gasteiger partial charge in [0.05, 0.1) is 19.1 Å². The zero-order chi connectivity index (χ0) is 30.7. The van der Waals surface area contributed by atoms with Crippen LogP contribution < -0.4 is 14.4 Å². The molecule has 0 aliphatic heterocycles. The minimum atomic E-state index is -3.66. The van der Waals surface area contributed by atoms with Crippen LogP contribution in [-0.4, -0.2) is 57.6 Å². The van der Waals surface area contributed by atoms with Crippen LogP contribution in [0.25, 0.3) is 0 Å². The van der Waals surface area contributed by atoms with Gasteiger partial charge < -0.3 is 15.0 Å². The summed E-state index contributed by atoms with van der Waals surface area (Å²) in [6.45, 7) is 4.68. The third kappa shape index (κ3) is 9.49. The van der Waals surface area contributed by atoms with E-state index in [1.165, 1.54) is 11.4 Å². The standard InChI is InChI=1S/C32H40ClN3O5S/c1-24(2)22-34-32(38)29(21-25-13-6-5-7-14-25)35(23-26-15-8-9-16-27(26)33)31(37)19-12-20-36(42(4,39)40)28-17-10-11-18-30(28)41-3/h5-11,13-18,24,29H,12,19-23H2,1-4H3,(H,34,38)/t29-/m1/s1. The molecule has 0 aliphatic carbocycles. The van der Waals surface area contributed by atoms with Crippen molar-refractivity contribution in [1.82, 2.24) is 10.2 Å². The van der Waals surface area contributed by atoms with Crippen molar-refractivity contribution in [3.05, 3.63) is 95.0 Å². The lowest BCUT2D eigenvalue weighted by molar-refractivity contribution is -0.141. The molecule has 3 aromatic carbocycles. The topological polar surface area (TPSA) is 96.0 Å². The second kappa shape index (κ2) is 15.6. The van der Waals surface area contributed by atoms with Crippen LogP contribution in [0, 0.1) is 5.92 Å². The largest absolute Gasteiger partial charge is 0.495 e. The van der Waals surface area contributed by atoms with E-state index in [0.717, 1.165) is 11.8 Å². The fraction of sp³-hybridized carbons (Fsp3) is 0.375. The number of anilines is 1. The van der Waals surface area contributed by atoms with E-state index in [1.54, 1.807) is 35.2 Å². The van der Waals surface area contributed by atoms with E-state index >= 15 is 0 Å². The molecule has 0 heterocycles. The number of ether oxygens (including phenoxy) is 1. The summed E-state index contributed by atoms with van der Waals surface area (Å²) in [5.74, 6) is 0.124. The van der Waals surface area contributed by atoms with Gasteiger partial charge in [-0.3, -0.25) is 13.9 Å². The summed E-state index contributed by atoms with van der Waals surface area (Å²) in [7, 11) is -2.18. The highest BCUT2D eigenvalue weighted by Crippen LogP contribution is 2.30. The Balaban J connectivity index is 1.90. The maximum absolute atomic E-state index is 13.9. The number of methoxy groups -OCH3 is 1. The number of hydrogen-bond acceptors (Lipinski definition) is 5. The van der Waals surface area contributed by atoms with Crippen LogP contribution in [0.5, 0.6) is 5.75 Å². The number of nitrogens with one attached hydrogen (secondary N) is 1. The van der Waals surface area contributed by atoms with Gasteiger partial charge in [-0.05, 0) is 41.7 Å². The number of carbonyl (C=O) groups excluding carboxylic acids is 2. The van der Waals surface area contributed by atoms with Crippen LogP contribution in [0.15, 0.2) is 78.9 Å². The molecule has 0 aliphatic rings. The molecular formula is C32H40ClN3O5S. The fourth-order valence-electron chi connectivity index (χ4n) is 4.60. The highest BCUT2D eigenvalue weighted by molar-refractivity contribution is 7.92. The molecule has 226 valence electrons.